The van der Waals surface area contributed by atoms with Crippen molar-refractivity contribution in [1.82, 2.24) is 4.90 Å². The lowest BCUT2D eigenvalue weighted by atomic mass is 9.46. The van der Waals surface area contributed by atoms with Crippen LogP contribution >= 0.6 is 0 Å². The van der Waals surface area contributed by atoms with Crippen LogP contribution in [-0.4, -0.2) is 65.8 Å². The molecule has 2 aliphatic heterocycles. The highest BCUT2D eigenvalue weighted by Crippen LogP contribution is 2.87. The van der Waals surface area contributed by atoms with Gasteiger partial charge in [0.15, 0.2) is 0 Å². The minimum Gasteiger partial charge on any atom is -0.443 e. The number of amides is 1. The Balaban J connectivity index is 0.00000135. The van der Waals surface area contributed by atoms with E-state index in [0.717, 1.165) is 51.3 Å². The third-order valence-corrected chi connectivity index (χ3v) is 14.0. The minimum absolute atomic E-state index is 0.0350. The molecule has 0 radical (unpaired) electrons. The van der Waals surface area contributed by atoms with E-state index in [1.165, 1.54) is 51.4 Å². The molecule has 5 saturated carbocycles. The van der Waals surface area contributed by atoms with Crippen LogP contribution in [0.25, 0.3) is 0 Å². The number of fused-ring (bicyclic) bond motifs is 4. The molecule has 39 heavy (non-hydrogen) atoms. The lowest BCUT2D eigenvalue weighted by Gasteiger charge is -2.59. The first-order chi connectivity index (χ1) is 18.5. The normalized spacial score (nSPS) is 49.6. The highest BCUT2D eigenvalue weighted by Gasteiger charge is 2.80. The molecule has 0 aromatic heterocycles. The molecule has 7 aliphatic rings. The molecule has 2 heterocycles. The van der Waals surface area contributed by atoms with Crippen molar-refractivity contribution in [3.63, 3.8) is 0 Å². The number of aliphatic hydroxyl groups is 2. The Labute approximate surface area is 236 Å². The molecule has 2 saturated heterocycles. The molecule has 11 atom stereocenters. The molecule has 5 unspecified atom stereocenters. The van der Waals surface area contributed by atoms with Gasteiger partial charge in [-0.05, 0) is 122 Å². The molecule has 7 rings (SSSR count). The van der Waals surface area contributed by atoms with Crippen molar-refractivity contribution in [2.45, 2.75) is 130 Å². The first-order valence-corrected chi connectivity index (χ1v) is 16.3. The van der Waals surface area contributed by atoms with Crippen LogP contribution in [0.5, 0.6) is 0 Å². The van der Waals surface area contributed by atoms with Gasteiger partial charge in [0.1, 0.15) is 6.10 Å². The predicted molar refractivity (Wildman–Crippen MR) is 151 cm³/mol. The average molecular weight is 546 g/mol. The fraction of sp³-hybridized carbons (Fsp3) is 0.970. The van der Waals surface area contributed by atoms with Crippen molar-refractivity contribution in [3.05, 3.63) is 0 Å². The molecule has 222 valence electrons. The molecule has 2 N–H and O–H groups in total. The third-order valence-electron chi connectivity index (χ3n) is 14.0. The second kappa shape index (κ2) is 9.59. The van der Waals surface area contributed by atoms with E-state index in [9.17, 15) is 9.90 Å². The van der Waals surface area contributed by atoms with Gasteiger partial charge in [-0.2, -0.15) is 0 Å². The molecule has 0 aromatic carbocycles. The second-order valence-electron chi connectivity index (χ2n) is 15.8. The van der Waals surface area contributed by atoms with Crippen LogP contribution in [0, 0.1) is 51.2 Å². The van der Waals surface area contributed by atoms with E-state index in [0.29, 0.717) is 34.2 Å². The highest BCUT2D eigenvalue weighted by atomic mass is 16.6. The van der Waals surface area contributed by atoms with Gasteiger partial charge in [-0.25, -0.2) is 4.79 Å². The largest absolute Gasteiger partial charge is 0.443 e. The van der Waals surface area contributed by atoms with Gasteiger partial charge in [-0.3, -0.25) is 0 Å². The number of hydrogen-bond acceptors (Lipinski definition) is 5. The summed E-state index contributed by atoms with van der Waals surface area (Å²) in [7, 11) is 1.00. The van der Waals surface area contributed by atoms with Gasteiger partial charge < -0.3 is 24.6 Å². The Morgan fingerprint density at radius 1 is 0.923 bits per heavy atom. The zero-order valence-electron chi connectivity index (χ0n) is 25.5. The number of rotatable bonds is 3. The van der Waals surface area contributed by atoms with Gasteiger partial charge in [-0.15, -0.1) is 0 Å². The zero-order valence-corrected chi connectivity index (χ0v) is 25.5. The third kappa shape index (κ3) is 3.85. The topological polar surface area (TPSA) is 79.2 Å². The highest BCUT2D eigenvalue weighted by molar-refractivity contribution is 5.68. The first kappa shape index (κ1) is 28.3. The van der Waals surface area contributed by atoms with E-state index in [1.807, 2.05) is 4.90 Å². The van der Waals surface area contributed by atoms with Gasteiger partial charge >= 0.3 is 6.09 Å². The Kier molecular flexibility index (Phi) is 6.95. The fourth-order valence-corrected chi connectivity index (χ4v) is 11.8. The van der Waals surface area contributed by atoms with Crippen molar-refractivity contribution in [2.75, 3.05) is 20.2 Å². The Hall–Kier alpha value is -0.850. The van der Waals surface area contributed by atoms with E-state index in [1.54, 1.807) is 0 Å². The minimum atomic E-state index is -0.145. The molecule has 1 amide bonds. The molecule has 5 aliphatic carbocycles. The average Bonchev–Trinajstić information content (AvgIpc) is 3.45. The standard InChI is InChI=1S/C32H51NO4.CH4O/c1-19(2)27(37-28(35)33-15-6-16-33)23-9-7-21-24(36-23)17-22-20-8-10-25-29(3,4)26(34)11-12-32(25)18-31(20,32)14-13-30(21,22)5;1-2/h19-27,34H,6-18H2,1-5H3;2H,1H3/t20?,21?,22?,23?,24?,25-,26-,27+,30+,31-,32+;/m0./s1. The van der Waals surface area contributed by atoms with E-state index in [4.69, 9.17) is 14.6 Å². The maximum Gasteiger partial charge on any atom is 0.410 e. The molecule has 6 heteroatoms. The number of hydrogen-bond donors (Lipinski definition) is 2. The second-order valence-corrected chi connectivity index (χ2v) is 15.8. The van der Waals surface area contributed by atoms with Gasteiger partial charge in [0.2, 0.25) is 0 Å². The maximum absolute atomic E-state index is 12.7. The van der Waals surface area contributed by atoms with Crippen LogP contribution < -0.4 is 0 Å². The molecule has 0 bridgehead atoms. The number of carbonyl (C=O) groups is 1. The summed E-state index contributed by atoms with van der Waals surface area (Å²) in [5.41, 5.74) is 1.50. The number of carbonyl (C=O) groups excluding carboxylic acids is 1. The fourth-order valence-electron chi connectivity index (χ4n) is 11.8. The Morgan fingerprint density at radius 3 is 2.31 bits per heavy atom. The van der Waals surface area contributed by atoms with Crippen LogP contribution in [0.1, 0.15) is 105 Å². The summed E-state index contributed by atoms with van der Waals surface area (Å²) in [6.45, 7) is 13.4. The maximum atomic E-state index is 12.7. The summed E-state index contributed by atoms with van der Waals surface area (Å²) in [4.78, 5) is 14.5. The van der Waals surface area contributed by atoms with Gasteiger partial charge in [-0.1, -0.05) is 34.6 Å². The molecule has 0 aromatic rings. The molecule has 2 spiro atoms. The summed E-state index contributed by atoms with van der Waals surface area (Å²) in [5.74, 6) is 3.22. The van der Waals surface area contributed by atoms with Crippen LogP contribution in [0.15, 0.2) is 0 Å². The molecule has 7 fully saturated rings. The van der Waals surface area contributed by atoms with Crippen LogP contribution in [0.3, 0.4) is 0 Å². The summed E-state index contributed by atoms with van der Waals surface area (Å²) in [5, 5.41) is 17.9. The molecular weight excluding hydrogens is 490 g/mol. The van der Waals surface area contributed by atoms with Gasteiger partial charge in [0.25, 0.3) is 0 Å². The van der Waals surface area contributed by atoms with Crippen LogP contribution in [-0.2, 0) is 9.47 Å². The van der Waals surface area contributed by atoms with Crippen LogP contribution in [0.4, 0.5) is 4.79 Å². The van der Waals surface area contributed by atoms with Crippen molar-refractivity contribution >= 4 is 6.09 Å². The first-order valence-electron chi connectivity index (χ1n) is 16.3. The number of ether oxygens (including phenoxy) is 2. The lowest BCUT2D eigenvalue weighted by molar-refractivity contribution is -0.150. The van der Waals surface area contributed by atoms with Crippen molar-refractivity contribution in [1.29, 1.82) is 0 Å². The molecule has 6 nitrogen and oxygen atoms in total. The summed E-state index contributed by atoms with van der Waals surface area (Å²) in [6.07, 6.45) is 13.6. The quantitative estimate of drug-likeness (QED) is 0.453. The number of likely N-dealkylation sites (tertiary alicyclic amines) is 1. The van der Waals surface area contributed by atoms with E-state index in [-0.39, 0.29) is 35.7 Å². The van der Waals surface area contributed by atoms with E-state index >= 15 is 0 Å². The van der Waals surface area contributed by atoms with Gasteiger partial charge in [0.05, 0.1) is 18.3 Å². The Morgan fingerprint density at radius 2 is 1.64 bits per heavy atom. The predicted octanol–water partition coefficient (Wildman–Crippen LogP) is 6.03. The smallest absolute Gasteiger partial charge is 0.410 e. The van der Waals surface area contributed by atoms with Crippen LogP contribution in [0.2, 0.25) is 0 Å². The van der Waals surface area contributed by atoms with Crippen molar-refractivity contribution in [3.8, 4) is 0 Å². The lowest BCUT2D eigenvalue weighted by Crippen LogP contribution is -2.54. The summed E-state index contributed by atoms with van der Waals surface area (Å²) in [6, 6.07) is 0. The SMILES string of the molecule is CC(C)[C@@H](OC(=O)N1CCC1)C1CCC2C(CC3C4CC[C@H]5C(C)(C)[C@@H](O)CC[C@@]56C[C@@]46CC[C@]23C)O1.CO. The van der Waals surface area contributed by atoms with E-state index < -0.39 is 0 Å². The van der Waals surface area contributed by atoms with Gasteiger partial charge in [0, 0.05) is 20.2 Å². The Bertz CT molecular complexity index is 948. The molecular formula is C33H55NO5. The summed E-state index contributed by atoms with van der Waals surface area (Å²) < 4.78 is 13.1. The van der Waals surface area contributed by atoms with Crippen molar-refractivity contribution in [2.24, 2.45) is 51.2 Å². The summed E-state index contributed by atoms with van der Waals surface area (Å²) >= 11 is 0. The zero-order chi connectivity index (χ0) is 28.0. The number of nitrogens with zero attached hydrogens (tertiary/aromatic N) is 1. The number of aliphatic hydroxyl groups excluding tert-OH is 2. The van der Waals surface area contributed by atoms with Crippen molar-refractivity contribution < 1.29 is 24.5 Å². The monoisotopic (exact) mass is 545 g/mol. The van der Waals surface area contributed by atoms with E-state index in [2.05, 4.69) is 34.6 Å².